The van der Waals surface area contributed by atoms with Gasteiger partial charge in [0.05, 0.1) is 12.8 Å². The van der Waals surface area contributed by atoms with Crippen LogP contribution in [0.5, 0.6) is 5.75 Å². The lowest BCUT2D eigenvalue weighted by atomic mass is 10.1. The van der Waals surface area contributed by atoms with Crippen LogP contribution in [-0.2, 0) is 9.59 Å². The zero-order chi connectivity index (χ0) is 14.9. The predicted octanol–water partition coefficient (Wildman–Crippen LogP) is 0.373. The Hall–Kier alpha value is -1.99. The van der Waals surface area contributed by atoms with Gasteiger partial charge in [-0.25, -0.2) is 0 Å². The molecule has 0 spiro atoms. The van der Waals surface area contributed by atoms with Crippen LogP contribution in [0.3, 0.4) is 0 Å². The van der Waals surface area contributed by atoms with Gasteiger partial charge in [-0.1, -0.05) is 0 Å². The molecular formula is C13H15N3O3S. The highest BCUT2D eigenvalue weighted by molar-refractivity contribution is 7.80. The van der Waals surface area contributed by atoms with Crippen molar-refractivity contribution in [3.05, 3.63) is 24.3 Å². The van der Waals surface area contributed by atoms with Crippen LogP contribution in [0.25, 0.3) is 0 Å². The summed E-state index contributed by atoms with van der Waals surface area (Å²) < 4.78 is 5.07. The quantitative estimate of drug-likeness (QED) is 0.644. The van der Waals surface area contributed by atoms with Gasteiger partial charge >= 0.3 is 0 Å². The Labute approximate surface area is 122 Å². The number of nitrogens with one attached hydrogen (secondary N) is 1. The third-order valence-electron chi connectivity index (χ3n) is 2.98. The fourth-order valence-corrected chi connectivity index (χ4v) is 2.29. The number of benzene rings is 1. The van der Waals surface area contributed by atoms with Gasteiger partial charge in [-0.3, -0.25) is 19.4 Å². The average molecular weight is 293 g/mol. The largest absolute Gasteiger partial charge is 0.497 e. The molecule has 1 atom stereocenters. The Kier molecular flexibility index (Phi) is 4.01. The lowest BCUT2D eigenvalue weighted by Crippen LogP contribution is -2.64. The van der Waals surface area contributed by atoms with Gasteiger partial charge in [0.25, 0.3) is 11.8 Å². The smallest absolute Gasteiger partial charge is 0.260 e. The van der Waals surface area contributed by atoms with Crippen LogP contribution in [0.15, 0.2) is 24.3 Å². The van der Waals surface area contributed by atoms with Crippen molar-refractivity contribution in [1.82, 2.24) is 10.2 Å². The van der Waals surface area contributed by atoms with Crippen LogP contribution in [0.2, 0.25) is 0 Å². The summed E-state index contributed by atoms with van der Waals surface area (Å²) in [6, 6.07) is 6.00. The molecule has 0 bridgehead atoms. The standard InChI is InChI=1S/C13H15N3O3S/c1-15(2)10-11(17)14-13(20)16(12(10)18)8-4-6-9(19-3)7-5-8/h4-7,10H,1-3H3,(H,14,17,20). The van der Waals surface area contributed by atoms with Crippen molar-refractivity contribution in [3.8, 4) is 5.75 Å². The molecule has 1 N–H and O–H groups in total. The highest BCUT2D eigenvalue weighted by atomic mass is 32.1. The van der Waals surface area contributed by atoms with E-state index in [1.54, 1.807) is 50.4 Å². The average Bonchev–Trinajstić information content (AvgIpc) is 2.38. The fourth-order valence-electron chi connectivity index (χ4n) is 2.00. The number of nitrogens with zero attached hydrogens (tertiary/aromatic N) is 2. The number of amides is 2. The van der Waals surface area contributed by atoms with E-state index < -0.39 is 11.9 Å². The molecule has 106 valence electrons. The molecule has 2 rings (SSSR count). The van der Waals surface area contributed by atoms with E-state index >= 15 is 0 Å². The fraction of sp³-hybridized carbons (Fsp3) is 0.308. The minimum atomic E-state index is -0.885. The van der Waals surface area contributed by atoms with Gasteiger partial charge in [0, 0.05) is 0 Å². The van der Waals surface area contributed by atoms with Crippen molar-refractivity contribution >= 4 is 34.8 Å². The molecule has 2 amide bonds. The number of carbonyl (C=O) groups excluding carboxylic acids is 2. The van der Waals surface area contributed by atoms with E-state index in [0.717, 1.165) is 0 Å². The zero-order valence-corrected chi connectivity index (χ0v) is 12.2. The van der Waals surface area contributed by atoms with Crippen molar-refractivity contribution in [2.75, 3.05) is 26.1 Å². The zero-order valence-electron chi connectivity index (χ0n) is 11.4. The summed E-state index contributed by atoms with van der Waals surface area (Å²) in [5.74, 6) is -0.0963. The predicted molar refractivity (Wildman–Crippen MR) is 78.7 cm³/mol. The molecule has 1 aliphatic rings. The van der Waals surface area contributed by atoms with Gasteiger partial charge < -0.3 is 10.1 Å². The highest BCUT2D eigenvalue weighted by Gasteiger charge is 2.40. The first-order chi connectivity index (χ1) is 9.45. The number of anilines is 1. The summed E-state index contributed by atoms with van der Waals surface area (Å²) in [5.41, 5.74) is 0.590. The summed E-state index contributed by atoms with van der Waals surface area (Å²) in [7, 11) is 4.90. The maximum atomic E-state index is 12.4. The number of likely N-dealkylation sites (N-methyl/N-ethyl adjacent to an activating group) is 1. The topological polar surface area (TPSA) is 61.9 Å². The number of carbonyl (C=O) groups is 2. The number of thiocarbonyl (C=S) groups is 1. The Balaban J connectivity index is 2.35. The van der Waals surface area contributed by atoms with E-state index in [0.29, 0.717) is 11.4 Å². The van der Waals surface area contributed by atoms with Crippen LogP contribution >= 0.6 is 12.2 Å². The Bertz CT molecular complexity index is 556. The molecule has 0 radical (unpaired) electrons. The second-order valence-electron chi connectivity index (χ2n) is 4.53. The van der Waals surface area contributed by atoms with E-state index in [1.165, 1.54) is 4.90 Å². The normalized spacial score (nSPS) is 19.3. The van der Waals surface area contributed by atoms with Gasteiger partial charge in [-0.05, 0) is 50.6 Å². The third-order valence-corrected chi connectivity index (χ3v) is 3.27. The molecule has 6 nitrogen and oxygen atoms in total. The highest BCUT2D eigenvalue weighted by Crippen LogP contribution is 2.22. The molecule has 0 saturated carbocycles. The molecule has 7 heteroatoms. The summed E-state index contributed by atoms with van der Waals surface area (Å²) in [6.07, 6.45) is 0. The molecular weight excluding hydrogens is 278 g/mol. The van der Waals surface area contributed by atoms with E-state index in [2.05, 4.69) is 5.32 Å². The molecule has 1 unspecified atom stereocenters. The van der Waals surface area contributed by atoms with Crippen LogP contribution in [0.1, 0.15) is 0 Å². The lowest BCUT2D eigenvalue weighted by Gasteiger charge is -2.34. The van der Waals surface area contributed by atoms with Gasteiger partial charge in [0.15, 0.2) is 11.2 Å². The SMILES string of the molecule is COc1ccc(N2C(=O)C(N(C)C)C(=O)NC2=S)cc1. The van der Waals surface area contributed by atoms with E-state index in [-0.39, 0.29) is 11.0 Å². The second-order valence-corrected chi connectivity index (χ2v) is 4.92. The van der Waals surface area contributed by atoms with Gasteiger partial charge in [-0.15, -0.1) is 0 Å². The molecule has 1 saturated heterocycles. The Morgan fingerprint density at radius 2 is 1.85 bits per heavy atom. The first-order valence-electron chi connectivity index (χ1n) is 5.95. The molecule has 1 aromatic carbocycles. The van der Waals surface area contributed by atoms with E-state index in [9.17, 15) is 9.59 Å². The summed E-state index contributed by atoms with van der Waals surface area (Å²) in [4.78, 5) is 27.1. The number of rotatable bonds is 3. The molecule has 0 aliphatic carbocycles. The summed E-state index contributed by atoms with van der Waals surface area (Å²) >= 11 is 5.09. The van der Waals surface area contributed by atoms with Gasteiger partial charge in [0.1, 0.15) is 5.75 Å². The van der Waals surface area contributed by atoms with Crippen molar-refractivity contribution in [3.63, 3.8) is 0 Å². The van der Waals surface area contributed by atoms with Crippen molar-refractivity contribution < 1.29 is 14.3 Å². The van der Waals surface area contributed by atoms with Crippen LogP contribution in [-0.4, -0.2) is 49.1 Å². The molecule has 1 aromatic rings. The van der Waals surface area contributed by atoms with Crippen molar-refractivity contribution in [1.29, 1.82) is 0 Å². The Morgan fingerprint density at radius 3 is 2.35 bits per heavy atom. The minimum Gasteiger partial charge on any atom is -0.497 e. The number of ether oxygens (including phenoxy) is 1. The van der Waals surface area contributed by atoms with Gasteiger partial charge in [-0.2, -0.15) is 0 Å². The van der Waals surface area contributed by atoms with Crippen molar-refractivity contribution in [2.45, 2.75) is 6.04 Å². The molecule has 1 heterocycles. The third kappa shape index (κ3) is 2.50. The van der Waals surface area contributed by atoms with E-state index in [4.69, 9.17) is 17.0 Å². The Morgan fingerprint density at radius 1 is 1.25 bits per heavy atom. The monoisotopic (exact) mass is 293 g/mol. The maximum Gasteiger partial charge on any atom is 0.260 e. The maximum absolute atomic E-state index is 12.4. The second kappa shape index (κ2) is 5.56. The summed E-state index contributed by atoms with van der Waals surface area (Å²) in [5, 5.41) is 2.63. The molecule has 1 aliphatic heterocycles. The van der Waals surface area contributed by atoms with E-state index in [1.807, 2.05) is 0 Å². The van der Waals surface area contributed by atoms with Crippen molar-refractivity contribution in [2.24, 2.45) is 0 Å². The van der Waals surface area contributed by atoms with Crippen LogP contribution in [0.4, 0.5) is 5.69 Å². The molecule has 1 fully saturated rings. The van der Waals surface area contributed by atoms with Crippen LogP contribution in [0, 0.1) is 0 Å². The number of hydrogen-bond donors (Lipinski definition) is 1. The van der Waals surface area contributed by atoms with Crippen LogP contribution < -0.4 is 15.0 Å². The minimum absolute atomic E-state index is 0.0864. The first kappa shape index (κ1) is 14.4. The first-order valence-corrected chi connectivity index (χ1v) is 6.36. The summed E-state index contributed by atoms with van der Waals surface area (Å²) in [6.45, 7) is 0. The lowest BCUT2D eigenvalue weighted by molar-refractivity contribution is -0.134. The molecule has 20 heavy (non-hydrogen) atoms. The number of hydrogen-bond acceptors (Lipinski definition) is 5. The number of methoxy groups -OCH3 is 1. The molecule has 0 aromatic heterocycles. The van der Waals surface area contributed by atoms with Gasteiger partial charge in [0.2, 0.25) is 0 Å².